The van der Waals surface area contributed by atoms with Gasteiger partial charge in [-0.1, -0.05) is 6.58 Å². The van der Waals surface area contributed by atoms with Gasteiger partial charge in [-0.2, -0.15) is 0 Å². The Kier molecular flexibility index (Phi) is 6.60. The number of fused-ring (bicyclic) bond motifs is 1. The summed E-state index contributed by atoms with van der Waals surface area (Å²) in [5, 5.41) is 20.5. The molecular weight excluding hydrogens is 372 g/mol. The molecule has 0 saturated carbocycles. The highest BCUT2D eigenvalue weighted by Gasteiger charge is 2.56. The second-order valence-corrected chi connectivity index (χ2v) is 7.05. The summed E-state index contributed by atoms with van der Waals surface area (Å²) in [5.41, 5.74) is 0.448. The number of aliphatic hydroxyl groups is 1. The van der Waals surface area contributed by atoms with Crippen molar-refractivity contribution < 1.29 is 43.6 Å². The third-order valence-corrected chi connectivity index (χ3v) is 4.82. The van der Waals surface area contributed by atoms with Crippen LogP contribution >= 0.6 is 0 Å². The average Bonchev–Trinajstić information content (AvgIpc) is 2.79. The highest BCUT2D eigenvalue weighted by atomic mass is 16.7. The fraction of sp³-hybridized carbons (Fsp3) is 0.579. The standard InChI is InChI=1S/C19H24O9/c1-10-16-15(27-12(3)21)7-13(9-26-11(2)20)5-4-6-14(17(22)23)8-19(16,25)28-18(10)24/h7,14-16,25H,1,4-6,8-9H2,2-3H3,(H,22,23). The van der Waals surface area contributed by atoms with E-state index in [1.807, 2.05) is 0 Å². The van der Waals surface area contributed by atoms with Crippen LogP contribution < -0.4 is 0 Å². The van der Waals surface area contributed by atoms with Gasteiger partial charge >= 0.3 is 23.9 Å². The number of aliphatic carboxylic acids is 1. The van der Waals surface area contributed by atoms with Crippen LogP contribution in [0.1, 0.15) is 39.5 Å². The van der Waals surface area contributed by atoms with Crippen molar-refractivity contribution in [2.24, 2.45) is 11.8 Å². The normalized spacial score (nSPS) is 30.5. The fourth-order valence-corrected chi connectivity index (χ4v) is 3.57. The van der Waals surface area contributed by atoms with E-state index in [9.17, 15) is 29.4 Å². The van der Waals surface area contributed by atoms with Gasteiger partial charge in [0.25, 0.3) is 0 Å². The lowest BCUT2D eigenvalue weighted by molar-refractivity contribution is -0.221. The zero-order valence-electron chi connectivity index (χ0n) is 15.8. The first kappa shape index (κ1) is 21.6. The van der Waals surface area contributed by atoms with Gasteiger partial charge in [0.1, 0.15) is 12.7 Å². The summed E-state index contributed by atoms with van der Waals surface area (Å²) in [6.07, 6.45) is 1.04. The van der Waals surface area contributed by atoms with E-state index in [-0.39, 0.29) is 25.0 Å². The summed E-state index contributed by atoms with van der Waals surface area (Å²) in [5.74, 6) is -7.56. The first-order valence-corrected chi connectivity index (χ1v) is 8.91. The lowest BCUT2D eigenvalue weighted by atomic mass is 9.80. The molecule has 0 aromatic carbocycles. The second-order valence-electron chi connectivity index (χ2n) is 7.05. The van der Waals surface area contributed by atoms with Gasteiger partial charge in [-0.15, -0.1) is 0 Å². The fourth-order valence-electron chi connectivity index (χ4n) is 3.57. The molecule has 9 nitrogen and oxygen atoms in total. The number of carbonyl (C=O) groups is 4. The molecule has 1 aliphatic carbocycles. The Labute approximate surface area is 161 Å². The molecule has 1 fully saturated rings. The summed E-state index contributed by atoms with van der Waals surface area (Å²) in [7, 11) is 0. The number of carbonyl (C=O) groups excluding carboxylic acids is 3. The molecule has 0 aromatic rings. The average molecular weight is 396 g/mol. The van der Waals surface area contributed by atoms with Crippen LogP contribution in [-0.2, 0) is 33.4 Å². The summed E-state index contributed by atoms with van der Waals surface area (Å²) in [4.78, 5) is 46.5. The van der Waals surface area contributed by atoms with Crippen LogP contribution in [0.3, 0.4) is 0 Å². The van der Waals surface area contributed by atoms with Crippen LogP contribution in [0.4, 0.5) is 0 Å². The summed E-state index contributed by atoms with van der Waals surface area (Å²) < 4.78 is 15.4. The molecule has 9 heteroatoms. The van der Waals surface area contributed by atoms with Gasteiger partial charge < -0.3 is 24.4 Å². The molecule has 2 aliphatic rings. The molecule has 2 rings (SSSR count). The van der Waals surface area contributed by atoms with Crippen molar-refractivity contribution in [2.45, 2.75) is 51.4 Å². The van der Waals surface area contributed by atoms with Gasteiger partial charge in [0.2, 0.25) is 5.79 Å². The lowest BCUT2D eigenvalue weighted by Crippen LogP contribution is -2.45. The maximum absolute atomic E-state index is 12.1. The van der Waals surface area contributed by atoms with E-state index in [0.29, 0.717) is 18.4 Å². The van der Waals surface area contributed by atoms with E-state index < -0.39 is 47.6 Å². The Morgan fingerprint density at radius 3 is 2.57 bits per heavy atom. The van der Waals surface area contributed by atoms with Crippen LogP contribution in [0, 0.1) is 11.8 Å². The topological polar surface area (TPSA) is 136 Å². The molecule has 0 radical (unpaired) electrons. The third-order valence-electron chi connectivity index (χ3n) is 4.82. The first-order chi connectivity index (χ1) is 13.0. The Balaban J connectivity index is 2.50. The van der Waals surface area contributed by atoms with E-state index in [0.717, 1.165) is 6.92 Å². The molecule has 4 atom stereocenters. The number of rotatable bonds is 4. The van der Waals surface area contributed by atoms with Crippen LogP contribution in [0.5, 0.6) is 0 Å². The molecule has 0 amide bonds. The van der Waals surface area contributed by atoms with E-state index in [1.165, 1.54) is 13.0 Å². The van der Waals surface area contributed by atoms with Crippen LogP contribution in [0.25, 0.3) is 0 Å². The molecule has 4 unspecified atom stereocenters. The first-order valence-electron chi connectivity index (χ1n) is 8.91. The molecule has 0 bridgehead atoms. The van der Waals surface area contributed by atoms with E-state index in [2.05, 4.69) is 6.58 Å². The van der Waals surface area contributed by atoms with Crippen molar-refractivity contribution >= 4 is 23.9 Å². The predicted molar refractivity (Wildman–Crippen MR) is 93.5 cm³/mol. The summed E-state index contributed by atoms with van der Waals surface area (Å²) in [6, 6.07) is 0. The van der Waals surface area contributed by atoms with Crippen LogP contribution in [-0.4, -0.2) is 52.6 Å². The number of carboxylic acid groups (broad SMARTS) is 1. The zero-order chi connectivity index (χ0) is 21.1. The quantitative estimate of drug-likeness (QED) is 0.310. The van der Waals surface area contributed by atoms with Crippen molar-refractivity contribution in [3.8, 4) is 0 Å². The Bertz CT molecular complexity index is 723. The van der Waals surface area contributed by atoms with Crippen molar-refractivity contribution in [3.05, 3.63) is 23.8 Å². The second kappa shape index (κ2) is 8.55. The van der Waals surface area contributed by atoms with Gasteiger partial charge in [0.05, 0.1) is 11.8 Å². The maximum Gasteiger partial charge on any atom is 0.336 e. The van der Waals surface area contributed by atoms with Gasteiger partial charge in [-0.3, -0.25) is 14.4 Å². The highest BCUT2D eigenvalue weighted by Crippen LogP contribution is 2.44. The molecular formula is C19H24O9. The number of carboxylic acids is 1. The van der Waals surface area contributed by atoms with Gasteiger partial charge in [-0.05, 0) is 30.9 Å². The molecule has 28 heavy (non-hydrogen) atoms. The third kappa shape index (κ3) is 4.98. The largest absolute Gasteiger partial charge is 0.481 e. The van der Waals surface area contributed by atoms with E-state index in [1.54, 1.807) is 0 Å². The van der Waals surface area contributed by atoms with Gasteiger partial charge in [-0.25, -0.2) is 4.79 Å². The minimum Gasteiger partial charge on any atom is -0.481 e. The minimum atomic E-state index is -2.18. The summed E-state index contributed by atoms with van der Waals surface area (Å²) >= 11 is 0. The Hall–Kier alpha value is -2.68. The number of esters is 3. The van der Waals surface area contributed by atoms with Gasteiger partial charge in [0.15, 0.2) is 0 Å². The molecule has 1 heterocycles. The molecule has 2 N–H and O–H groups in total. The van der Waals surface area contributed by atoms with Gasteiger partial charge in [0, 0.05) is 25.8 Å². The van der Waals surface area contributed by atoms with Crippen molar-refractivity contribution in [1.29, 1.82) is 0 Å². The van der Waals surface area contributed by atoms with E-state index in [4.69, 9.17) is 14.2 Å². The summed E-state index contributed by atoms with van der Waals surface area (Å²) in [6.45, 7) is 5.95. The lowest BCUT2D eigenvalue weighted by Gasteiger charge is -2.34. The number of ether oxygens (including phenoxy) is 3. The van der Waals surface area contributed by atoms with E-state index >= 15 is 0 Å². The molecule has 154 valence electrons. The smallest absolute Gasteiger partial charge is 0.336 e. The Morgan fingerprint density at radius 2 is 2.00 bits per heavy atom. The Morgan fingerprint density at radius 1 is 1.32 bits per heavy atom. The van der Waals surface area contributed by atoms with Crippen LogP contribution in [0.15, 0.2) is 23.8 Å². The maximum atomic E-state index is 12.1. The van der Waals surface area contributed by atoms with Crippen molar-refractivity contribution in [1.82, 2.24) is 0 Å². The highest BCUT2D eigenvalue weighted by molar-refractivity contribution is 5.91. The van der Waals surface area contributed by atoms with Crippen molar-refractivity contribution in [3.63, 3.8) is 0 Å². The molecule has 0 aromatic heterocycles. The predicted octanol–water partition coefficient (Wildman–Crippen LogP) is 1.10. The van der Waals surface area contributed by atoms with Crippen LogP contribution in [0.2, 0.25) is 0 Å². The molecule has 0 spiro atoms. The van der Waals surface area contributed by atoms with Crippen molar-refractivity contribution in [2.75, 3.05) is 6.61 Å². The molecule has 1 aliphatic heterocycles. The number of hydrogen-bond acceptors (Lipinski definition) is 8. The minimum absolute atomic E-state index is 0.0860. The monoisotopic (exact) mass is 396 g/mol. The number of hydrogen-bond donors (Lipinski definition) is 2. The zero-order valence-corrected chi connectivity index (χ0v) is 15.8. The molecule has 1 saturated heterocycles. The SMILES string of the molecule is C=C1C(=O)OC2(O)CC(C(=O)O)CCCC(COC(C)=O)=CC(OC(C)=O)C12.